The van der Waals surface area contributed by atoms with Crippen molar-refractivity contribution in [1.82, 2.24) is 19.1 Å². The normalized spacial score (nSPS) is 15.2. The molecule has 0 atom stereocenters. The quantitative estimate of drug-likeness (QED) is 0.273. The molecule has 180 valence electrons. The van der Waals surface area contributed by atoms with Crippen molar-refractivity contribution in [1.29, 1.82) is 0 Å². The smallest absolute Gasteiger partial charge is 0.142 e. The van der Waals surface area contributed by atoms with Crippen molar-refractivity contribution in [3.05, 3.63) is 82.7 Å². The number of para-hydroxylation sites is 2. The fourth-order valence-electron chi connectivity index (χ4n) is 6.28. The van der Waals surface area contributed by atoms with Crippen LogP contribution in [-0.4, -0.2) is 19.1 Å². The van der Waals surface area contributed by atoms with Crippen LogP contribution in [0.15, 0.2) is 54.7 Å². The maximum Gasteiger partial charge on any atom is 0.142 e. The lowest BCUT2D eigenvalue weighted by molar-refractivity contribution is 0.357. The Bertz CT molecular complexity index is 1700. The lowest BCUT2D eigenvalue weighted by Gasteiger charge is -2.35. The maximum absolute atomic E-state index is 6.56. The molecule has 0 N–H and O–H groups in total. The van der Waals surface area contributed by atoms with Crippen molar-refractivity contribution in [3.63, 3.8) is 0 Å². The van der Waals surface area contributed by atoms with E-state index < -0.39 is 0 Å². The van der Waals surface area contributed by atoms with Gasteiger partial charge in [-0.3, -0.25) is 0 Å². The number of fused-ring (bicyclic) bond motifs is 8. The minimum absolute atomic E-state index is 0.0543. The predicted molar refractivity (Wildman–Crippen MR) is 144 cm³/mol. The summed E-state index contributed by atoms with van der Waals surface area (Å²) in [5, 5.41) is 0. The van der Waals surface area contributed by atoms with Crippen LogP contribution < -0.4 is 4.74 Å². The Balaban J connectivity index is 1.34. The van der Waals surface area contributed by atoms with Crippen LogP contribution >= 0.6 is 0 Å². The Hall–Kier alpha value is -3.86. The molecular formula is C31H30N4O. The Morgan fingerprint density at radius 2 is 1.53 bits per heavy atom. The average molecular weight is 475 g/mol. The number of hydrogen-bond donors (Lipinski definition) is 0. The van der Waals surface area contributed by atoms with Crippen LogP contribution in [0.5, 0.6) is 11.5 Å². The van der Waals surface area contributed by atoms with Gasteiger partial charge in [0.25, 0.3) is 0 Å². The Kier molecular flexibility index (Phi) is 4.36. The summed E-state index contributed by atoms with van der Waals surface area (Å²) in [6.45, 7) is 12.0. The summed E-state index contributed by atoms with van der Waals surface area (Å²) in [4.78, 5) is 9.88. The van der Waals surface area contributed by atoms with Gasteiger partial charge >= 0.3 is 0 Å². The standard InChI is InChI=1S/C31H30N4O/c1-18-12-21(14-24-23(18)10-11-34-17-20(3)32-29(24)34)36-22-13-19(2)26-16-31(4,5)35-28-9-7-6-8-27(28)33-30(35)25(26)15-22/h6-9,12-15,17H,10-11,16H2,1-5H3. The highest BCUT2D eigenvalue weighted by atomic mass is 16.5. The van der Waals surface area contributed by atoms with Crippen LogP contribution in [0.1, 0.15) is 41.8 Å². The van der Waals surface area contributed by atoms with Crippen LogP contribution in [-0.2, 0) is 24.9 Å². The largest absolute Gasteiger partial charge is 0.457 e. The second-order valence-corrected chi connectivity index (χ2v) is 11.0. The number of rotatable bonds is 2. The van der Waals surface area contributed by atoms with Crippen LogP contribution in [0.4, 0.5) is 0 Å². The summed E-state index contributed by atoms with van der Waals surface area (Å²) in [6, 6.07) is 17.1. The van der Waals surface area contributed by atoms with Gasteiger partial charge in [0, 0.05) is 29.4 Å². The van der Waals surface area contributed by atoms with E-state index in [0.717, 1.165) is 53.7 Å². The van der Waals surface area contributed by atoms with E-state index in [1.54, 1.807) is 0 Å². The predicted octanol–water partition coefficient (Wildman–Crippen LogP) is 7.13. The van der Waals surface area contributed by atoms with Gasteiger partial charge in [0.05, 0.1) is 16.7 Å². The van der Waals surface area contributed by atoms with E-state index in [1.807, 2.05) is 0 Å². The van der Waals surface area contributed by atoms with E-state index in [2.05, 4.69) is 98.5 Å². The first-order chi connectivity index (χ1) is 17.3. The van der Waals surface area contributed by atoms with Crippen molar-refractivity contribution >= 4 is 11.0 Å². The van der Waals surface area contributed by atoms with Crippen molar-refractivity contribution in [2.75, 3.05) is 0 Å². The first kappa shape index (κ1) is 21.4. The molecule has 3 aromatic carbocycles. The lowest BCUT2D eigenvalue weighted by atomic mass is 9.84. The zero-order valence-electron chi connectivity index (χ0n) is 21.5. The number of aryl methyl sites for hydroxylation is 4. The van der Waals surface area contributed by atoms with Gasteiger partial charge in [-0.25, -0.2) is 9.97 Å². The molecule has 0 aliphatic carbocycles. The first-order valence-electron chi connectivity index (χ1n) is 12.8. The molecular weight excluding hydrogens is 444 g/mol. The second-order valence-electron chi connectivity index (χ2n) is 11.0. The van der Waals surface area contributed by atoms with Gasteiger partial charge in [0.1, 0.15) is 23.1 Å². The third-order valence-corrected chi connectivity index (χ3v) is 7.89. The number of benzene rings is 3. The van der Waals surface area contributed by atoms with Gasteiger partial charge in [-0.15, -0.1) is 0 Å². The van der Waals surface area contributed by atoms with Gasteiger partial charge in [-0.2, -0.15) is 0 Å². The molecule has 0 saturated carbocycles. The average Bonchev–Trinajstić information content (AvgIpc) is 3.41. The second kappa shape index (κ2) is 7.33. The summed E-state index contributed by atoms with van der Waals surface area (Å²) in [7, 11) is 0. The van der Waals surface area contributed by atoms with Crippen molar-refractivity contribution in [3.8, 4) is 34.3 Å². The number of aromatic nitrogens is 4. The van der Waals surface area contributed by atoms with E-state index in [-0.39, 0.29) is 5.54 Å². The van der Waals surface area contributed by atoms with Crippen LogP contribution in [0.3, 0.4) is 0 Å². The first-order valence-corrected chi connectivity index (χ1v) is 12.8. The molecule has 4 heterocycles. The summed E-state index contributed by atoms with van der Waals surface area (Å²) < 4.78 is 11.2. The minimum Gasteiger partial charge on any atom is -0.457 e. The zero-order chi connectivity index (χ0) is 24.8. The molecule has 5 nitrogen and oxygen atoms in total. The summed E-state index contributed by atoms with van der Waals surface area (Å²) in [6.07, 6.45) is 4.12. The minimum atomic E-state index is -0.0543. The lowest BCUT2D eigenvalue weighted by Crippen LogP contribution is -2.33. The molecule has 5 aromatic rings. The summed E-state index contributed by atoms with van der Waals surface area (Å²) in [5.74, 6) is 3.76. The molecule has 0 fully saturated rings. The highest BCUT2D eigenvalue weighted by Crippen LogP contribution is 2.44. The molecule has 0 bridgehead atoms. The number of imidazole rings is 2. The molecule has 0 radical (unpaired) electrons. The van der Waals surface area contributed by atoms with Gasteiger partial charge in [-0.1, -0.05) is 12.1 Å². The SMILES string of the molecule is Cc1cn2c(n1)-c1cc(Oc3cc(C)c4c(c3)-c3nc5ccccc5n3C(C)(C)C4)cc(C)c1CC2. The maximum atomic E-state index is 6.56. The topological polar surface area (TPSA) is 44.9 Å². The number of ether oxygens (including phenoxy) is 1. The van der Waals surface area contributed by atoms with Crippen LogP contribution in [0.2, 0.25) is 0 Å². The van der Waals surface area contributed by atoms with Gasteiger partial charge < -0.3 is 13.9 Å². The van der Waals surface area contributed by atoms with Crippen molar-refractivity contribution < 1.29 is 4.74 Å². The number of nitrogens with zero attached hydrogens (tertiary/aromatic N) is 4. The monoisotopic (exact) mass is 474 g/mol. The van der Waals surface area contributed by atoms with Gasteiger partial charge in [0.15, 0.2) is 0 Å². The molecule has 0 unspecified atom stereocenters. The molecule has 36 heavy (non-hydrogen) atoms. The van der Waals surface area contributed by atoms with Crippen LogP contribution in [0, 0.1) is 20.8 Å². The molecule has 7 rings (SSSR count). The van der Waals surface area contributed by atoms with Crippen molar-refractivity contribution in [2.24, 2.45) is 0 Å². The van der Waals surface area contributed by atoms with Crippen LogP contribution in [0.25, 0.3) is 33.8 Å². The van der Waals surface area contributed by atoms with Gasteiger partial charge in [-0.05, 0) is 106 Å². The molecule has 2 aliphatic rings. The Morgan fingerprint density at radius 1 is 0.833 bits per heavy atom. The highest BCUT2D eigenvalue weighted by molar-refractivity contribution is 5.83. The molecule has 5 heteroatoms. The van der Waals surface area contributed by atoms with E-state index in [9.17, 15) is 0 Å². The van der Waals surface area contributed by atoms with E-state index in [1.165, 1.54) is 38.9 Å². The van der Waals surface area contributed by atoms with E-state index in [0.29, 0.717) is 0 Å². The molecule has 0 amide bonds. The molecule has 0 saturated heterocycles. The molecule has 2 aromatic heterocycles. The molecule has 2 aliphatic heterocycles. The van der Waals surface area contributed by atoms with Gasteiger partial charge in [0.2, 0.25) is 0 Å². The van der Waals surface area contributed by atoms with E-state index >= 15 is 0 Å². The fourth-order valence-corrected chi connectivity index (χ4v) is 6.28. The third kappa shape index (κ3) is 3.08. The summed E-state index contributed by atoms with van der Waals surface area (Å²) in [5.41, 5.74) is 10.8. The fraction of sp³-hybridized carbons (Fsp3) is 0.290. The Morgan fingerprint density at radius 3 is 2.31 bits per heavy atom. The van der Waals surface area contributed by atoms with Crippen molar-refractivity contribution in [2.45, 2.75) is 59.5 Å². The van der Waals surface area contributed by atoms with E-state index in [4.69, 9.17) is 14.7 Å². The molecule has 0 spiro atoms. The Labute approximate surface area is 211 Å². The number of hydrogen-bond acceptors (Lipinski definition) is 3. The third-order valence-electron chi connectivity index (χ3n) is 7.89. The highest BCUT2D eigenvalue weighted by Gasteiger charge is 2.34. The summed E-state index contributed by atoms with van der Waals surface area (Å²) >= 11 is 0. The zero-order valence-corrected chi connectivity index (χ0v) is 21.5.